The van der Waals surface area contributed by atoms with Crippen molar-refractivity contribution in [2.75, 3.05) is 21.0 Å². The summed E-state index contributed by atoms with van der Waals surface area (Å²) in [4.78, 5) is 24.9. The average Bonchev–Trinajstić information content (AvgIpc) is 2.71. The van der Waals surface area contributed by atoms with Crippen molar-refractivity contribution in [3.05, 3.63) is 41.5 Å². The number of rotatable bonds is 4. The number of ether oxygens (including phenoxy) is 4. The third-order valence-electron chi connectivity index (χ3n) is 4.48. The molecule has 4 atom stereocenters. The molecule has 0 amide bonds. The smallest absolute Gasteiger partial charge is 0.342 e. The van der Waals surface area contributed by atoms with E-state index in [2.05, 4.69) is 0 Å². The molecule has 9 heteroatoms. The van der Waals surface area contributed by atoms with Crippen molar-refractivity contribution in [1.29, 1.82) is 0 Å². The van der Waals surface area contributed by atoms with Gasteiger partial charge in [0.1, 0.15) is 42.2 Å². The third-order valence-corrected chi connectivity index (χ3v) is 4.48. The van der Waals surface area contributed by atoms with Crippen molar-refractivity contribution in [3.63, 3.8) is 0 Å². The second-order valence-electron chi connectivity index (χ2n) is 6.67. The summed E-state index contributed by atoms with van der Waals surface area (Å²) in [5.41, 5.74) is 0.176. The number of ketones is 1. The van der Waals surface area contributed by atoms with Gasteiger partial charge >= 0.3 is 5.97 Å². The lowest BCUT2D eigenvalue weighted by atomic mass is 10.0. The standard InChI is InChI=1S/C21H26O9/c1-12-18(29-11-27-2)8-7-16(23)20(25)15(22)6-4-5-13-9-14(28-3)10-17(24)19(13)21(26)30-12/h4-5,7-10,12,15,18,20,22,24-25H,6,11H2,1-3H3/b5-4+,8-7-/t12-,15-,18+,20-/m0/s1. The summed E-state index contributed by atoms with van der Waals surface area (Å²) in [6.45, 7) is 1.40. The zero-order chi connectivity index (χ0) is 22.3. The Kier molecular flexibility index (Phi) is 8.55. The number of aliphatic hydroxyl groups is 2. The van der Waals surface area contributed by atoms with E-state index in [1.807, 2.05) is 0 Å². The van der Waals surface area contributed by atoms with Gasteiger partial charge in [-0.2, -0.15) is 0 Å². The maximum absolute atomic E-state index is 12.8. The largest absolute Gasteiger partial charge is 0.507 e. The highest BCUT2D eigenvalue weighted by Gasteiger charge is 2.27. The molecule has 0 saturated carbocycles. The van der Waals surface area contributed by atoms with E-state index in [1.165, 1.54) is 44.6 Å². The van der Waals surface area contributed by atoms with E-state index < -0.39 is 36.2 Å². The molecule has 0 radical (unpaired) electrons. The SMILES string of the molecule is COCO[C@@H]1/C=C\C(=O)[C@@H](O)[C@@H](O)C/C=C/c2cc(OC)cc(O)c2C(=O)O[C@H]1C. The molecule has 1 aromatic rings. The van der Waals surface area contributed by atoms with Crippen molar-refractivity contribution < 1.29 is 43.9 Å². The summed E-state index contributed by atoms with van der Waals surface area (Å²) in [6, 6.07) is 2.79. The van der Waals surface area contributed by atoms with Gasteiger partial charge in [0.25, 0.3) is 0 Å². The molecule has 9 nitrogen and oxygen atoms in total. The Balaban J connectivity index is 2.49. The maximum atomic E-state index is 12.8. The number of aromatic hydroxyl groups is 1. The number of hydrogen-bond acceptors (Lipinski definition) is 9. The second-order valence-corrected chi connectivity index (χ2v) is 6.67. The minimum absolute atomic E-state index is 0.0762. The zero-order valence-electron chi connectivity index (χ0n) is 17.0. The highest BCUT2D eigenvalue weighted by atomic mass is 16.7. The van der Waals surface area contributed by atoms with E-state index in [0.29, 0.717) is 5.75 Å². The van der Waals surface area contributed by atoms with E-state index >= 15 is 0 Å². The van der Waals surface area contributed by atoms with Gasteiger partial charge in [0.2, 0.25) is 0 Å². The highest BCUT2D eigenvalue weighted by molar-refractivity contribution is 5.97. The first-order valence-corrected chi connectivity index (χ1v) is 9.25. The summed E-state index contributed by atoms with van der Waals surface area (Å²) in [5, 5.41) is 30.5. The number of phenolic OH excluding ortho intramolecular Hbond substituents is 1. The van der Waals surface area contributed by atoms with E-state index in [1.54, 1.807) is 6.92 Å². The molecule has 0 aliphatic carbocycles. The molecule has 1 aliphatic rings. The van der Waals surface area contributed by atoms with Gasteiger partial charge in [0.15, 0.2) is 5.78 Å². The summed E-state index contributed by atoms with van der Waals surface area (Å²) in [6.07, 6.45) is 0.451. The monoisotopic (exact) mass is 422 g/mol. The van der Waals surface area contributed by atoms with Crippen LogP contribution in [-0.4, -0.2) is 72.5 Å². The van der Waals surface area contributed by atoms with Crippen molar-refractivity contribution in [3.8, 4) is 11.5 Å². The van der Waals surface area contributed by atoms with Gasteiger partial charge in [-0.05, 0) is 37.1 Å². The van der Waals surface area contributed by atoms with Gasteiger partial charge in [-0.1, -0.05) is 12.2 Å². The van der Waals surface area contributed by atoms with Crippen LogP contribution in [0.25, 0.3) is 6.08 Å². The lowest BCUT2D eigenvalue weighted by Gasteiger charge is -2.23. The molecule has 30 heavy (non-hydrogen) atoms. The molecule has 0 unspecified atom stereocenters. The van der Waals surface area contributed by atoms with Crippen LogP contribution in [0.5, 0.6) is 11.5 Å². The minimum Gasteiger partial charge on any atom is -0.507 e. The van der Waals surface area contributed by atoms with Crippen molar-refractivity contribution >= 4 is 17.8 Å². The molecule has 2 rings (SSSR count). The number of cyclic esters (lactones) is 1. The van der Waals surface area contributed by atoms with E-state index in [9.17, 15) is 24.9 Å². The zero-order valence-corrected chi connectivity index (χ0v) is 17.0. The average molecular weight is 422 g/mol. The van der Waals surface area contributed by atoms with Crippen LogP contribution in [0.2, 0.25) is 0 Å². The molecule has 0 fully saturated rings. The number of benzene rings is 1. The normalized spacial score (nSPS) is 27.5. The van der Waals surface area contributed by atoms with Crippen molar-refractivity contribution in [2.45, 2.75) is 37.8 Å². The van der Waals surface area contributed by atoms with E-state index in [0.717, 1.165) is 6.08 Å². The number of hydrogen-bond donors (Lipinski definition) is 3. The predicted molar refractivity (Wildman–Crippen MR) is 106 cm³/mol. The summed E-state index contributed by atoms with van der Waals surface area (Å²) >= 11 is 0. The molecular formula is C21H26O9. The van der Waals surface area contributed by atoms with Crippen LogP contribution < -0.4 is 4.74 Å². The van der Waals surface area contributed by atoms with Gasteiger partial charge in [0.05, 0.1) is 13.2 Å². The number of carbonyl (C=O) groups excluding carboxylic acids is 2. The van der Waals surface area contributed by atoms with Crippen molar-refractivity contribution in [2.24, 2.45) is 0 Å². The second kappa shape index (κ2) is 10.9. The van der Waals surface area contributed by atoms with Gasteiger partial charge in [-0.25, -0.2) is 4.79 Å². The Morgan fingerprint density at radius 3 is 2.57 bits per heavy atom. The van der Waals surface area contributed by atoms with Crippen LogP contribution in [-0.2, 0) is 19.0 Å². The lowest BCUT2D eigenvalue weighted by Crippen LogP contribution is -2.34. The summed E-state index contributed by atoms with van der Waals surface area (Å²) in [7, 11) is 2.81. The molecular weight excluding hydrogens is 396 g/mol. The molecule has 0 saturated heterocycles. The summed E-state index contributed by atoms with van der Waals surface area (Å²) in [5.74, 6) is -1.58. The fourth-order valence-corrected chi connectivity index (χ4v) is 2.82. The predicted octanol–water partition coefficient (Wildman–Crippen LogP) is 1.20. The Morgan fingerprint density at radius 2 is 1.90 bits per heavy atom. The highest BCUT2D eigenvalue weighted by Crippen LogP contribution is 2.30. The van der Waals surface area contributed by atoms with Crippen LogP contribution in [0.15, 0.2) is 30.4 Å². The maximum Gasteiger partial charge on any atom is 0.342 e. The molecule has 3 N–H and O–H groups in total. The number of esters is 1. The molecule has 0 spiro atoms. The first kappa shape index (κ1) is 23.6. The van der Waals surface area contributed by atoms with Crippen LogP contribution in [0.4, 0.5) is 0 Å². The molecule has 1 aromatic carbocycles. The van der Waals surface area contributed by atoms with Gasteiger partial charge < -0.3 is 34.3 Å². The number of aliphatic hydroxyl groups excluding tert-OH is 2. The van der Waals surface area contributed by atoms with E-state index in [-0.39, 0.29) is 30.1 Å². The number of methoxy groups -OCH3 is 2. The van der Waals surface area contributed by atoms with Crippen LogP contribution in [0.1, 0.15) is 29.3 Å². The van der Waals surface area contributed by atoms with Crippen molar-refractivity contribution in [1.82, 2.24) is 0 Å². The Morgan fingerprint density at radius 1 is 1.17 bits per heavy atom. The van der Waals surface area contributed by atoms with E-state index in [4.69, 9.17) is 18.9 Å². The molecule has 0 aromatic heterocycles. The molecule has 0 bridgehead atoms. The Hall–Kier alpha value is -2.72. The Labute approximate surface area is 174 Å². The number of fused-ring (bicyclic) bond motifs is 1. The third kappa shape index (κ3) is 5.90. The molecule has 1 heterocycles. The van der Waals surface area contributed by atoms with Crippen LogP contribution in [0.3, 0.4) is 0 Å². The first-order chi connectivity index (χ1) is 14.3. The van der Waals surface area contributed by atoms with Gasteiger partial charge in [-0.15, -0.1) is 0 Å². The van der Waals surface area contributed by atoms with Gasteiger partial charge in [-0.3, -0.25) is 4.79 Å². The topological polar surface area (TPSA) is 132 Å². The molecule has 164 valence electrons. The first-order valence-electron chi connectivity index (χ1n) is 9.25. The van der Waals surface area contributed by atoms with Crippen LogP contribution in [0, 0.1) is 0 Å². The quantitative estimate of drug-likeness (QED) is 0.484. The van der Waals surface area contributed by atoms with Gasteiger partial charge in [0, 0.05) is 13.2 Å². The fourth-order valence-electron chi connectivity index (χ4n) is 2.82. The number of carbonyl (C=O) groups is 2. The van der Waals surface area contributed by atoms with Crippen LogP contribution >= 0.6 is 0 Å². The lowest BCUT2D eigenvalue weighted by molar-refractivity contribution is -0.127. The fraction of sp³-hybridized carbons (Fsp3) is 0.429. The minimum atomic E-state index is -1.65. The number of phenols is 1. The molecule has 1 aliphatic heterocycles. The Bertz CT molecular complexity index is 815. The summed E-state index contributed by atoms with van der Waals surface area (Å²) < 4.78 is 20.9.